The summed E-state index contributed by atoms with van der Waals surface area (Å²) in [5.74, 6) is -0.439. The molecular weight excluding hydrogens is 272 g/mol. The van der Waals surface area contributed by atoms with Crippen molar-refractivity contribution in [1.29, 1.82) is 0 Å². The number of nitrogens with zero attached hydrogens (tertiary/aromatic N) is 1. The predicted octanol–water partition coefficient (Wildman–Crippen LogP) is 1.43. The molecule has 0 aromatic rings. The van der Waals surface area contributed by atoms with E-state index in [1.165, 1.54) is 0 Å². The van der Waals surface area contributed by atoms with Gasteiger partial charge in [0.05, 0.1) is 11.5 Å². The number of rotatable bonds is 5. The summed E-state index contributed by atoms with van der Waals surface area (Å²) in [7, 11) is 1.72. The molecule has 21 heavy (non-hydrogen) atoms. The van der Waals surface area contributed by atoms with Gasteiger partial charge in [-0.15, -0.1) is 0 Å². The summed E-state index contributed by atoms with van der Waals surface area (Å²) in [6, 6.07) is -0.220. The van der Waals surface area contributed by atoms with Gasteiger partial charge in [-0.3, -0.25) is 4.79 Å². The second kappa shape index (κ2) is 6.64. The van der Waals surface area contributed by atoms with Crippen molar-refractivity contribution in [2.75, 3.05) is 20.1 Å². The van der Waals surface area contributed by atoms with Crippen LogP contribution in [0.15, 0.2) is 0 Å². The number of hydrogen-bond donors (Lipinski definition) is 3. The molecule has 2 fully saturated rings. The minimum atomic E-state index is -0.799. The highest BCUT2D eigenvalue weighted by Crippen LogP contribution is 2.36. The summed E-state index contributed by atoms with van der Waals surface area (Å²) in [5.41, 5.74) is -0.790. The molecule has 2 aliphatic carbocycles. The second-order valence-corrected chi connectivity index (χ2v) is 6.68. The number of amides is 2. The summed E-state index contributed by atoms with van der Waals surface area (Å²) in [6.07, 6.45) is 5.46. The lowest BCUT2D eigenvalue weighted by Gasteiger charge is -2.36. The quantitative estimate of drug-likeness (QED) is 0.716. The van der Waals surface area contributed by atoms with E-state index >= 15 is 0 Å². The number of aliphatic hydroxyl groups is 1. The Labute approximate surface area is 125 Å². The summed E-state index contributed by atoms with van der Waals surface area (Å²) >= 11 is 0. The van der Waals surface area contributed by atoms with Crippen molar-refractivity contribution in [2.45, 2.75) is 51.0 Å². The number of aliphatic carboxylic acids is 1. The fourth-order valence-electron chi connectivity index (χ4n) is 3.39. The van der Waals surface area contributed by atoms with Gasteiger partial charge in [0.15, 0.2) is 0 Å². The van der Waals surface area contributed by atoms with E-state index in [0.717, 1.165) is 32.1 Å². The largest absolute Gasteiger partial charge is 0.481 e. The number of carbonyl (C=O) groups excluding carboxylic acids is 1. The van der Waals surface area contributed by atoms with Gasteiger partial charge in [0.1, 0.15) is 0 Å². The summed E-state index contributed by atoms with van der Waals surface area (Å²) < 4.78 is 0. The van der Waals surface area contributed by atoms with Crippen LogP contribution in [-0.2, 0) is 4.79 Å². The van der Waals surface area contributed by atoms with Gasteiger partial charge in [0.2, 0.25) is 0 Å². The molecule has 6 nitrogen and oxygen atoms in total. The third-order valence-corrected chi connectivity index (χ3v) is 4.93. The molecule has 0 unspecified atom stereocenters. The molecule has 2 saturated carbocycles. The number of carbonyl (C=O) groups is 2. The van der Waals surface area contributed by atoms with Crippen molar-refractivity contribution in [2.24, 2.45) is 11.3 Å². The Morgan fingerprint density at radius 3 is 2.38 bits per heavy atom. The molecule has 2 amide bonds. The molecule has 0 aromatic heterocycles. The van der Waals surface area contributed by atoms with Crippen LogP contribution >= 0.6 is 0 Å². The lowest BCUT2D eigenvalue weighted by atomic mass is 9.74. The third-order valence-electron chi connectivity index (χ3n) is 4.93. The van der Waals surface area contributed by atoms with Gasteiger partial charge in [0.25, 0.3) is 0 Å². The van der Waals surface area contributed by atoms with Crippen molar-refractivity contribution < 1.29 is 19.8 Å². The van der Waals surface area contributed by atoms with E-state index in [0.29, 0.717) is 25.3 Å². The maximum absolute atomic E-state index is 12.1. The molecule has 0 heterocycles. The van der Waals surface area contributed by atoms with Crippen LogP contribution in [0.2, 0.25) is 0 Å². The maximum Gasteiger partial charge on any atom is 0.317 e. The van der Waals surface area contributed by atoms with Gasteiger partial charge in [0, 0.05) is 20.1 Å². The highest BCUT2D eigenvalue weighted by Gasteiger charge is 2.40. The number of carboxylic acid groups (broad SMARTS) is 1. The Bertz CT molecular complexity index is 387. The molecule has 2 rings (SSSR count). The number of aliphatic hydroxyl groups excluding tert-OH is 1. The molecule has 120 valence electrons. The molecular formula is C15H26N2O4. The SMILES string of the molecule is CN(CC1CC(O)C1)C(=O)NCC1(C(=O)O)CCCCC1. The van der Waals surface area contributed by atoms with E-state index in [1.54, 1.807) is 11.9 Å². The standard InChI is InChI=1S/C15H26N2O4/c1-17(9-11-7-12(18)8-11)14(21)16-10-15(13(19)20)5-3-2-4-6-15/h11-12,18H,2-10H2,1H3,(H,16,21)(H,19,20). The zero-order valence-electron chi connectivity index (χ0n) is 12.7. The highest BCUT2D eigenvalue weighted by atomic mass is 16.4. The first-order valence-corrected chi connectivity index (χ1v) is 7.83. The van der Waals surface area contributed by atoms with E-state index in [4.69, 9.17) is 0 Å². The summed E-state index contributed by atoms with van der Waals surface area (Å²) in [6.45, 7) is 0.821. The van der Waals surface area contributed by atoms with Crippen LogP contribution in [0.4, 0.5) is 4.79 Å². The topological polar surface area (TPSA) is 89.9 Å². The molecule has 0 bridgehead atoms. The lowest BCUT2D eigenvalue weighted by Crippen LogP contribution is -2.49. The zero-order chi connectivity index (χ0) is 15.5. The van der Waals surface area contributed by atoms with E-state index in [-0.39, 0.29) is 18.7 Å². The normalized spacial score (nSPS) is 27.5. The van der Waals surface area contributed by atoms with Crippen molar-refractivity contribution in [3.05, 3.63) is 0 Å². The van der Waals surface area contributed by atoms with Crippen LogP contribution in [-0.4, -0.2) is 53.4 Å². The van der Waals surface area contributed by atoms with E-state index in [9.17, 15) is 19.8 Å². The van der Waals surface area contributed by atoms with Crippen LogP contribution in [0.3, 0.4) is 0 Å². The second-order valence-electron chi connectivity index (χ2n) is 6.68. The monoisotopic (exact) mass is 298 g/mol. The van der Waals surface area contributed by atoms with Crippen LogP contribution in [0.1, 0.15) is 44.9 Å². The van der Waals surface area contributed by atoms with Gasteiger partial charge in [-0.1, -0.05) is 19.3 Å². The number of urea groups is 1. The van der Waals surface area contributed by atoms with Gasteiger partial charge in [-0.2, -0.15) is 0 Å². The van der Waals surface area contributed by atoms with E-state index in [1.807, 2.05) is 0 Å². The summed E-state index contributed by atoms with van der Waals surface area (Å²) in [4.78, 5) is 25.2. The average Bonchev–Trinajstić information content (AvgIpc) is 2.43. The predicted molar refractivity (Wildman–Crippen MR) is 77.9 cm³/mol. The molecule has 0 aromatic carbocycles. The van der Waals surface area contributed by atoms with Crippen molar-refractivity contribution in [3.8, 4) is 0 Å². The van der Waals surface area contributed by atoms with Crippen molar-refractivity contribution in [3.63, 3.8) is 0 Å². The Kier molecular flexibility index (Phi) is 5.08. The van der Waals surface area contributed by atoms with Gasteiger partial charge < -0.3 is 20.4 Å². The minimum absolute atomic E-state index is 0.207. The third kappa shape index (κ3) is 3.87. The average molecular weight is 298 g/mol. The zero-order valence-corrected chi connectivity index (χ0v) is 12.7. The lowest BCUT2D eigenvalue weighted by molar-refractivity contribution is -0.150. The first-order chi connectivity index (χ1) is 9.93. The smallest absolute Gasteiger partial charge is 0.317 e. The number of carboxylic acids is 1. The van der Waals surface area contributed by atoms with E-state index in [2.05, 4.69) is 5.32 Å². The van der Waals surface area contributed by atoms with Crippen LogP contribution in [0.5, 0.6) is 0 Å². The van der Waals surface area contributed by atoms with Crippen molar-refractivity contribution in [1.82, 2.24) is 10.2 Å². The first-order valence-electron chi connectivity index (χ1n) is 7.83. The van der Waals surface area contributed by atoms with Crippen LogP contribution in [0, 0.1) is 11.3 Å². The molecule has 2 aliphatic rings. The number of hydrogen-bond acceptors (Lipinski definition) is 3. The molecule has 0 saturated heterocycles. The Hall–Kier alpha value is -1.30. The molecule has 0 radical (unpaired) electrons. The Morgan fingerprint density at radius 2 is 1.86 bits per heavy atom. The maximum atomic E-state index is 12.1. The van der Waals surface area contributed by atoms with E-state index < -0.39 is 11.4 Å². The first kappa shape index (κ1) is 16.1. The van der Waals surface area contributed by atoms with Gasteiger partial charge in [-0.25, -0.2) is 4.79 Å². The van der Waals surface area contributed by atoms with Crippen molar-refractivity contribution >= 4 is 12.0 Å². The van der Waals surface area contributed by atoms with Crippen LogP contribution < -0.4 is 5.32 Å². The fourth-order valence-corrected chi connectivity index (χ4v) is 3.39. The Balaban J connectivity index is 1.79. The fraction of sp³-hybridized carbons (Fsp3) is 0.867. The highest BCUT2D eigenvalue weighted by molar-refractivity contribution is 5.78. The molecule has 0 aliphatic heterocycles. The summed E-state index contributed by atoms with van der Waals surface area (Å²) in [5, 5.41) is 21.5. The Morgan fingerprint density at radius 1 is 1.24 bits per heavy atom. The molecule has 0 atom stereocenters. The van der Waals surface area contributed by atoms with Crippen LogP contribution in [0.25, 0.3) is 0 Å². The van der Waals surface area contributed by atoms with Gasteiger partial charge >= 0.3 is 12.0 Å². The molecule has 3 N–H and O–H groups in total. The minimum Gasteiger partial charge on any atom is -0.481 e. The molecule has 0 spiro atoms. The number of nitrogens with one attached hydrogen (secondary N) is 1. The van der Waals surface area contributed by atoms with Gasteiger partial charge in [-0.05, 0) is 31.6 Å². The molecule has 6 heteroatoms.